The lowest BCUT2D eigenvalue weighted by atomic mass is 9.72. The van der Waals surface area contributed by atoms with Gasteiger partial charge in [-0.15, -0.1) is 0 Å². The average molecular weight is 461 g/mol. The van der Waals surface area contributed by atoms with Crippen LogP contribution in [0.1, 0.15) is 66.7 Å². The van der Waals surface area contributed by atoms with E-state index in [0.29, 0.717) is 5.57 Å². The molecule has 1 aliphatic rings. The van der Waals surface area contributed by atoms with E-state index in [-0.39, 0.29) is 11.8 Å². The molecule has 7 heteroatoms. The maximum atomic E-state index is 11.5. The third-order valence-electron chi connectivity index (χ3n) is 6.11. The fourth-order valence-electron chi connectivity index (χ4n) is 4.08. The molecule has 0 heterocycles. The topological polar surface area (TPSA) is 132 Å². The molecular formula is C26H36O7. The van der Waals surface area contributed by atoms with E-state index in [1.807, 2.05) is 13.0 Å². The number of carbonyl (C=O) groups is 3. The molecule has 1 aliphatic carbocycles. The van der Waals surface area contributed by atoms with E-state index in [9.17, 15) is 29.7 Å². The number of aliphatic carboxylic acids is 3. The normalized spacial score (nSPS) is 20.2. The Balaban J connectivity index is 2.92. The van der Waals surface area contributed by atoms with Gasteiger partial charge < -0.3 is 20.4 Å². The Morgan fingerprint density at radius 2 is 1.73 bits per heavy atom. The van der Waals surface area contributed by atoms with Crippen molar-refractivity contribution in [2.45, 2.75) is 72.3 Å². The van der Waals surface area contributed by atoms with Crippen molar-refractivity contribution in [1.29, 1.82) is 0 Å². The van der Waals surface area contributed by atoms with E-state index in [0.717, 1.165) is 18.4 Å². The second-order valence-electron chi connectivity index (χ2n) is 9.41. The van der Waals surface area contributed by atoms with Crippen molar-refractivity contribution in [3.63, 3.8) is 0 Å². The van der Waals surface area contributed by atoms with Gasteiger partial charge in [-0.05, 0) is 57.4 Å². The van der Waals surface area contributed by atoms with Gasteiger partial charge in [0.25, 0.3) is 0 Å². The zero-order valence-corrected chi connectivity index (χ0v) is 20.1. The number of carboxylic acid groups (broad SMARTS) is 3. The van der Waals surface area contributed by atoms with Crippen LogP contribution in [-0.4, -0.2) is 43.9 Å². The van der Waals surface area contributed by atoms with Crippen molar-refractivity contribution >= 4 is 17.9 Å². The van der Waals surface area contributed by atoms with Crippen LogP contribution in [0.15, 0.2) is 58.7 Å². The molecule has 0 amide bonds. The molecule has 4 N–H and O–H groups in total. The van der Waals surface area contributed by atoms with E-state index in [4.69, 9.17) is 5.11 Å². The van der Waals surface area contributed by atoms with Crippen LogP contribution < -0.4 is 0 Å². The molecule has 7 nitrogen and oxygen atoms in total. The maximum absolute atomic E-state index is 11.5. The maximum Gasteiger partial charge on any atom is 0.337 e. The van der Waals surface area contributed by atoms with Crippen molar-refractivity contribution < 1.29 is 34.8 Å². The quantitative estimate of drug-likeness (QED) is 0.322. The SMILES string of the molecule is CC(C=CC1=C(C)CCCC1(C)C)=CC=CC(C)=CCC(C(=O)O)C(O)(CC(=O)O)C(=O)O. The van der Waals surface area contributed by atoms with Crippen LogP contribution in [0.4, 0.5) is 0 Å². The predicted molar refractivity (Wildman–Crippen MR) is 127 cm³/mol. The van der Waals surface area contributed by atoms with Crippen LogP contribution in [0.25, 0.3) is 0 Å². The van der Waals surface area contributed by atoms with Crippen molar-refractivity contribution in [3.05, 3.63) is 58.7 Å². The summed E-state index contributed by atoms with van der Waals surface area (Å²) in [6.45, 7) is 10.4. The summed E-state index contributed by atoms with van der Waals surface area (Å²) >= 11 is 0. The molecule has 0 saturated carbocycles. The van der Waals surface area contributed by atoms with Gasteiger partial charge in [-0.3, -0.25) is 9.59 Å². The molecule has 0 radical (unpaired) electrons. The molecule has 0 aromatic heterocycles. The number of carboxylic acids is 3. The number of aliphatic hydroxyl groups is 1. The van der Waals surface area contributed by atoms with E-state index in [2.05, 4.69) is 32.9 Å². The van der Waals surface area contributed by atoms with Gasteiger partial charge in [0.15, 0.2) is 5.60 Å². The van der Waals surface area contributed by atoms with Crippen molar-refractivity contribution in [2.24, 2.45) is 11.3 Å². The van der Waals surface area contributed by atoms with Crippen LogP contribution in [0, 0.1) is 11.3 Å². The number of hydrogen-bond acceptors (Lipinski definition) is 4. The third-order valence-corrected chi connectivity index (χ3v) is 6.11. The minimum atomic E-state index is -2.90. The van der Waals surface area contributed by atoms with Crippen LogP contribution >= 0.6 is 0 Å². The highest BCUT2D eigenvalue weighted by Gasteiger charge is 2.49. The Kier molecular flexibility index (Phi) is 10.0. The standard InChI is InChI=1S/C26H36O7/c1-17(11-13-20-19(3)10-7-15-25(20,4)5)8-6-9-18(2)12-14-21(23(29)30)26(33,24(31)32)16-22(27)28/h6,8-9,11-13,21,33H,7,10,14-16H2,1-5H3,(H,27,28)(H,29,30)(H,31,32). The van der Waals surface area contributed by atoms with Crippen molar-refractivity contribution in [2.75, 3.05) is 0 Å². The fourth-order valence-corrected chi connectivity index (χ4v) is 4.08. The van der Waals surface area contributed by atoms with Gasteiger partial charge >= 0.3 is 17.9 Å². The smallest absolute Gasteiger partial charge is 0.337 e. The number of allylic oxidation sites excluding steroid dienone is 10. The van der Waals surface area contributed by atoms with E-state index >= 15 is 0 Å². The monoisotopic (exact) mass is 460 g/mol. The summed E-state index contributed by atoms with van der Waals surface area (Å²) in [6, 6.07) is 0. The van der Waals surface area contributed by atoms with Crippen molar-refractivity contribution in [3.8, 4) is 0 Å². The molecular weight excluding hydrogens is 424 g/mol. The molecule has 2 atom stereocenters. The number of hydrogen-bond donors (Lipinski definition) is 4. The molecule has 0 saturated heterocycles. The molecule has 182 valence electrons. The van der Waals surface area contributed by atoms with Gasteiger partial charge in [0.2, 0.25) is 0 Å². The Morgan fingerprint density at radius 3 is 2.24 bits per heavy atom. The van der Waals surface area contributed by atoms with E-state index < -0.39 is 35.8 Å². The Hall–Kier alpha value is -2.93. The first-order chi connectivity index (χ1) is 15.2. The Bertz CT molecular complexity index is 915. The van der Waals surface area contributed by atoms with Crippen LogP contribution in [0.3, 0.4) is 0 Å². The zero-order valence-electron chi connectivity index (χ0n) is 20.1. The van der Waals surface area contributed by atoms with Gasteiger partial charge in [0, 0.05) is 0 Å². The number of rotatable bonds is 11. The van der Waals surface area contributed by atoms with Gasteiger partial charge in [0.1, 0.15) is 5.92 Å². The van der Waals surface area contributed by atoms with E-state index in [1.165, 1.54) is 23.6 Å². The second kappa shape index (κ2) is 11.8. The molecule has 0 aromatic carbocycles. The molecule has 0 aromatic rings. The van der Waals surface area contributed by atoms with Gasteiger partial charge in [-0.1, -0.05) is 67.0 Å². The lowest BCUT2D eigenvalue weighted by molar-refractivity contribution is -0.178. The van der Waals surface area contributed by atoms with Gasteiger partial charge in [-0.2, -0.15) is 0 Å². The minimum absolute atomic E-state index is 0.160. The first-order valence-corrected chi connectivity index (χ1v) is 11.0. The highest BCUT2D eigenvalue weighted by Crippen LogP contribution is 2.40. The summed E-state index contributed by atoms with van der Waals surface area (Å²) in [7, 11) is 0. The molecule has 0 aliphatic heterocycles. The zero-order chi connectivity index (χ0) is 25.4. The van der Waals surface area contributed by atoms with Crippen molar-refractivity contribution in [1.82, 2.24) is 0 Å². The first-order valence-electron chi connectivity index (χ1n) is 11.0. The lowest BCUT2D eigenvalue weighted by Crippen LogP contribution is -2.50. The highest BCUT2D eigenvalue weighted by molar-refractivity contribution is 5.89. The molecule has 0 spiro atoms. The summed E-state index contributed by atoms with van der Waals surface area (Å²) in [5, 5.41) is 37.7. The minimum Gasteiger partial charge on any atom is -0.481 e. The summed E-state index contributed by atoms with van der Waals surface area (Å²) in [5.41, 5.74) is 1.73. The molecule has 1 rings (SSSR count). The molecule has 0 bridgehead atoms. The van der Waals surface area contributed by atoms with E-state index in [1.54, 1.807) is 19.1 Å². The van der Waals surface area contributed by atoms with Crippen LogP contribution in [0.5, 0.6) is 0 Å². The molecule has 2 unspecified atom stereocenters. The van der Waals surface area contributed by atoms with Crippen LogP contribution in [-0.2, 0) is 14.4 Å². The predicted octanol–water partition coefficient (Wildman–Crippen LogP) is 4.90. The van der Waals surface area contributed by atoms with Crippen LogP contribution in [0.2, 0.25) is 0 Å². The van der Waals surface area contributed by atoms with Gasteiger partial charge in [0.05, 0.1) is 6.42 Å². The molecule has 0 fully saturated rings. The van der Waals surface area contributed by atoms with Gasteiger partial charge in [-0.25, -0.2) is 4.79 Å². The third kappa shape index (κ3) is 8.17. The summed E-state index contributed by atoms with van der Waals surface area (Å²) in [6.07, 6.45) is 13.1. The molecule has 33 heavy (non-hydrogen) atoms. The lowest BCUT2D eigenvalue weighted by Gasteiger charge is -2.32. The fraction of sp³-hybridized carbons (Fsp3) is 0.500. The summed E-state index contributed by atoms with van der Waals surface area (Å²) < 4.78 is 0. The first kappa shape index (κ1) is 28.1. The summed E-state index contributed by atoms with van der Waals surface area (Å²) in [5.74, 6) is -6.85. The Morgan fingerprint density at radius 1 is 1.09 bits per heavy atom. The highest BCUT2D eigenvalue weighted by atomic mass is 16.4. The second-order valence-corrected chi connectivity index (χ2v) is 9.41. The Labute approximate surface area is 195 Å². The average Bonchev–Trinajstić information content (AvgIpc) is 2.66. The largest absolute Gasteiger partial charge is 0.481 e. The summed E-state index contributed by atoms with van der Waals surface area (Å²) in [4.78, 5) is 33.9.